The summed E-state index contributed by atoms with van der Waals surface area (Å²) in [5.41, 5.74) is -0.222. The Morgan fingerprint density at radius 2 is 2.05 bits per heavy atom. The number of amides is 1. The lowest BCUT2D eigenvalue weighted by molar-refractivity contribution is -0.125. The van der Waals surface area contributed by atoms with Crippen molar-refractivity contribution < 1.29 is 18.7 Å². The van der Waals surface area contributed by atoms with E-state index in [0.29, 0.717) is 6.54 Å². The molecule has 1 fully saturated rings. The highest BCUT2D eigenvalue weighted by Crippen LogP contribution is 2.26. The van der Waals surface area contributed by atoms with E-state index in [1.54, 1.807) is 7.05 Å². The maximum absolute atomic E-state index is 13.4. The molecular weight excluding hydrogens is 276 g/mol. The van der Waals surface area contributed by atoms with E-state index >= 15 is 0 Å². The maximum atomic E-state index is 13.4. The maximum Gasteiger partial charge on any atom is 0.246 e. The van der Waals surface area contributed by atoms with Crippen LogP contribution in [0.5, 0.6) is 0 Å². The molecule has 0 aromatic heterocycles. The van der Waals surface area contributed by atoms with Gasteiger partial charge < -0.3 is 10.0 Å². The lowest BCUT2D eigenvalue weighted by Gasteiger charge is -2.22. The molecule has 5 heteroatoms. The van der Waals surface area contributed by atoms with Crippen LogP contribution in [-0.2, 0) is 4.79 Å². The molecule has 1 aromatic carbocycles. The number of likely N-dealkylation sites (N-methyl/N-ethyl adjacent to an activating group) is 1. The predicted molar refractivity (Wildman–Crippen MR) is 76.4 cm³/mol. The Labute approximate surface area is 122 Å². The predicted octanol–water partition coefficient (Wildman–Crippen LogP) is 2.60. The summed E-state index contributed by atoms with van der Waals surface area (Å²) in [4.78, 5) is 13.4. The number of nitrogens with zero attached hydrogens (tertiary/aromatic N) is 1. The van der Waals surface area contributed by atoms with Gasteiger partial charge in [0.2, 0.25) is 5.91 Å². The van der Waals surface area contributed by atoms with E-state index in [1.807, 2.05) is 0 Å². The third kappa shape index (κ3) is 3.88. The van der Waals surface area contributed by atoms with E-state index in [0.717, 1.165) is 43.5 Å². The van der Waals surface area contributed by atoms with Crippen LogP contribution in [0, 0.1) is 17.6 Å². The minimum Gasteiger partial charge on any atom is -0.393 e. The molecule has 1 N–H and O–H groups in total. The van der Waals surface area contributed by atoms with Gasteiger partial charge in [-0.05, 0) is 31.1 Å². The van der Waals surface area contributed by atoms with Gasteiger partial charge in [0.05, 0.1) is 6.10 Å². The molecule has 0 saturated heterocycles. The first-order valence-electron chi connectivity index (χ1n) is 7.04. The normalized spacial score (nSPS) is 21.9. The van der Waals surface area contributed by atoms with Gasteiger partial charge in [-0.25, -0.2) is 8.78 Å². The number of benzene rings is 1. The Morgan fingerprint density at radius 3 is 2.62 bits per heavy atom. The van der Waals surface area contributed by atoms with E-state index in [2.05, 4.69) is 0 Å². The number of hydrogen-bond acceptors (Lipinski definition) is 2. The first kappa shape index (κ1) is 15.6. The van der Waals surface area contributed by atoms with Crippen molar-refractivity contribution in [3.63, 3.8) is 0 Å². The standard InChI is InChI=1S/C16H19F2NO2/c1-19(10-11-4-2-7-15(11)20)16(21)9-8-12-13(17)5-3-6-14(12)18/h3,5-6,8-9,11,15,20H,2,4,7,10H2,1H3/b9-8+. The molecule has 21 heavy (non-hydrogen) atoms. The summed E-state index contributed by atoms with van der Waals surface area (Å²) in [7, 11) is 1.62. The monoisotopic (exact) mass is 295 g/mol. The van der Waals surface area contributed by atoms with Crippen LogP contribution in [0.2, 0.25) is 0 Å². The molecule has 0 heterocycles. The second-order valence-electron chi connectivity index (χ2n) is 5.45. The second kappa shape index (κ2) is 6.80. The van der Waals surface area contributed by atoms with Crippen LogP contribution in [0.25, 0.3) is 6.08 Å². The Bertz CT molecular complexity index is 525. The molecule has 2 atom stereocenters. The molecular formula is C16H19F2NO2. The zero-order valence-electron chi connectivity index (χ0n) is 11.9. The topological polar surface area (TPSA) is 40.5 Å². The van der Waals surface area contributed by atoms with Gasteiger partial charge in [-0.2, -0.15) is 0 Å². The molecule has 0 aliphatic heterocycles. The molecule has 3 nitrogen and oxygen atoms in total. The lowest BCUT2D eigenvalue weighted by Crippen LogP contribution is -2.33. The van der Waals surface area contributed by atoms with Crippen molar-refractivity contribution in [2.75, 3.05) is 13.6 Å². The summed E-state index contributed by atoms with van der Waals surface area (Å²) < 4.78 is 26.9. The summed E-state index contributed by atoms with van der Waals surface area (Å²) in [5.74, 6) is -1.66. The Balaban J connectivity index is 1.98. The number of aliphatic hydroxyl groups excluding tert-OH is 1. The average Bonchev–Trinajstić information content (AvgIpc) is 2.83. The highest BCUT2D eigenvalue weighted by atomic mass is 19.1. The first-order valence-corrected chi connectivity index (χ1v) is 7.04. The number of hydrogen-bond donors (Lipinski definition) is 1. The first-order chi connectivity index (χ1) is 9.99. The third-order valence-corrected chi connectivity index (χ3v) is 3.90. The minimum atomic E-state index is -0.701. The van der Waals surface area contributed by atoms with Crippen molar-refractivity contribution in [3.8, 4) is 0 Å². The van der Waals surface area contributed by atoms with Gasteiger partial charge in [-0.1, -0.05) is 12.5 Å². The van der Waals surface area contributed by atoms with E-state index in [1.165, 1.54) is 11.0 Å². The molecule has 1 aliphatic carbocycles. The third-order valence-electron chi connectivity index (χ3n) is 3.90. The van der Waals surface area contributed by atoms with Crippen LogP contribution in [-0.4, -0.2) is 35.6 Å². The summed E-state index contributed by atoms with van der Waals surface area (Å²) >= 11 is 0. The van der Waals surface area contributed by atoms with Gasteiger partial charge in [0.1, 0.15) is 11.6 Å². The smallest absolute Gasteiger partial charge is 0.246 e. The lowest BCUT2D eigenvalue weighted by atomic mass is 10.1. The largest absolute Gasteiger partial charge is 0.393 e. The molecule has 114 valence electrons. The number of halogens is 2. The van der Waals surface area contributed by atoms with Crippen molar-refractivity contribution in [2.24, 2.45) is 5.92 Å². The van der Waals surface area contributed by atoms with Crippen LogP contribution in [0.15, 0.2) is 24.3 Å². The SMILES string of the molecule is CN(CC1CCCC1O)C(=O)/C=C/c1c(F)cccc1F. The Kier molecular flexibility index (Phi) is 5.07. The number of carbonyl (C=O) groups excluding carboxylic acids is 1. The second-order valence-corrected chi connectivity index (χ2v) is 5.45. The van der Waals surface area contributed by atoms with Gasteiger partial charge in [0.25, 0.3) is 0 Å². The molecule has 1 saturated carbocycles. The average molecular weight is 295 g/mol. The van der Waals surface area contributed by atoms with Crippen LogP contribution in [0.4, 0.5) is 8.78 Å². The van der Waals surface area contributed by atoms with E-state index < -0.39 is 11.6 Å². The fourth-order valence-corrected chi connectivity index (χ4v) is 2.62. The number of carbonyl (C=O) groups is 1. The van der Waals surface area contributed by atoms with Gasteiger partial charge in [-0.3, -0.25) is 4.79 Å². The number of aliphatic hydroxyl groups is 1. The zero-order valence-corrected chi connectivity index (χ0v) is 11.9. The van der Waals surface area contributed by atoms with Gasteiger partial charge in [0, 0.05) is 31.1 Å². The van der Waals surface area contributed by atoms with E-state index in [-0.39, 0.29) is 23.5 Å². The van der Waals surface area contributed by atoms with Gasteiger partial charge in [0.15, 0.2) is 0 Å². The molecule has 1 amide bonds. The van der Waals surface area contributed by atoms with Crippen LogP contribution < -0.4 is 0 Å². The Morgan fingerprint density at radius 1 is 1.38 bits per heavy atom. The summed E-state index contributed by atoms with van der Waals surface area (Å²) in [6.07, 6.45) is 4.56. The molecule has 2 unspecified atom stereocenters. The van der Waals surface area contributed by atoms with Crippen molar-refractivity contribution in [1.29, 1.82) is 0 Å². The number of rotatable bonds is 4. The van der Waals surface area contributed by atoms with Crippen LogP contribution in [0.3, 0.4) is 0 Å². The van der Waals surface area contributed by atoms with E-state index in [4.69, 9.17) is 0 Å². The zero-order chi connectivity index (χ0) is 15.4. The fraction of sp³-hybridized carbons (Fsp3) is 0.438. The molecule has 1 aliphatic rings. The minimum absolute atomic E-state index is 0.0811. The van der Waals surface area contributed by atoms with Crippen LogP contribution >= 0.6 is 0 Å². The highest BCUT2D eigenvalue weighted by molar-refractivity contribution is 5.91. The molecule has 0 bridgehead atoms. The molecule has 1 aromatic rings. The van der Waals surface area contributed by atoms with Crippen molar-refractivity contribution >= 4 is 12.0 Å². The summed E-state index contributed by atoms with van der Waals surface area (Å²) in [5, 5.41) is 9.75. The van der Waals surface area contributed by atoms with Gasteiger partial charge >= 0.3 is 0 Å². The molecule has 2 rings (SSSR count). The van der Waals surface area contributed by atoms with Crippen molar-refractivity contribution in [3.05, 3.63) is 41.5 Å². The summed E-state index contributed by atoms with van der Waals surface area (Å²) in [6, 6.07) is 3.56. The molecule has 0 radical (unpaired) electrons. The van der Waals surface area contributed by atoms with Gasteiger partial charge in [-0.15, -0.1) is 0 Å². The van der Waals surface area contributed by atoms with Crippen molar-refractivity contribution in [2.45, 2.75) is 25.4 Å². The molecule has 0 spiro atoms. The fourth-order valence-electron chi connectivity index (χ4n) is 2.62. The highest BCUT2D eigenvalue weighted by Gasteiger charge is 2.26. The van der Waals surface area contributed by atoms with Crippen molar-refractivity contribution in [1.82, 2.24) is 4.90 Å². The summed E-state index contributed by atoms with van der Waals surface area (Å²) in [6.45, 7) is 0.449. The van der Waals surface area contributed by atoms with Crippen LogP contribution in [0.1, 0.15) is 24.8 Å². The quantitative estimate of drug-likeness (QED) is 0.867. The van der Waals surface area contributed by atoms with E-state index in [9.17, 15) is 18.7 Å². The Hall–Kier alpha value is -1.75.